The van der Waals surface area contributed by atoms with Crippen LogP contribution in [0.15, 0.2) is 23.2 Å². The number of hydrogen-bond acceptors (Lipinski definition) is 4. The number of nitrogens with one attached hydrogen (secondary N) is 1. The van der Waals surface area contributed by atoms with Crippen LogP contribution in [0.25, 0.3) is 0 Å². The minimum atomic E-state index is 0.238. The molecule has 1 heterocycles. The van der Waals surface area contributed by atoms with Crippen molar-refractivity contribution in [2.45, 2.75) is 31.8 Å². The third-order valence-electron chi connectivity index (χ3n) is 3.89. The van der Waals surface area contributed by atoms with Crippen molar-refractivity contribution in [2.75, 3.05) is 33.9 Å². The van der Waals surface area contributed by atoms with E-state index in [1.54, 1.807) is 14.2 Å². The van der Waals surface area contributed by atoms with Crippen LogP contribution in [-0.4, -0.2) is 46.0 Å². The topological polar surface area (TPSA) is 78.1 Å². The molecule has 1 aromatic carbocycles. The summed E-state index contributed by atoms with van der Waals surface area (Å²) in [6, 6.07) is 5.99. The Kier molecular flexibility index (Phi) is 7.00. The Morgan fingerprint density at radius 2 is 2.17 bits per heavy atom. The molecule has 0 amide bonds. The van der Waals surface area contributed by atoms with Crippen LogP contribution >= 0.6 is 0 Å². The molecule has 128 valence electrons. The molecule has 0 aliphatic carbocycles. The molecule has 23 heavy (non-hydrogen) atoms. The summed E-state index contributed by atoms with van der Waals surface area (Å²) in [5.74, 6) is 2.00. The van der Waals surface area contributed by atoms with Crippen molar-refractivity contribution in [3.8, 4) is 11.5 Å². The van der Waals surface area contributed by atoms with Crippen molar-refractivity contribution >= 4 is 5.96 Å². The highest BCUT2D eigenvalue weighted by molar-refractivity contribution is 5.77. The number of aliphatic imine (C=N–C) groups is 1. The van der Waals surface area contributed by atoms with E-state index in [0.29, 0.717) is 12.5 Å². The van der Waals surface area contributed by atoms with Gasteiger partial charge in [-0.1, -0.05) is 6.07 Å². The van der Waals surface area contributed by atoms with Crippen molar-refractivity contribution in [1.29, 1.82) is 0 Å². The molecule has 1 unspecified atom stereocenters. The number of rotatable bonds is 8. The van der Waals surface area contributed by atoms with Gasteiger partial charge >= 0.3 is 0 Å². The lowest BCUT2D eigenvalue weighted by molar-refractivity contribution is 0.118. The highest BCUT2D eigenvalue weighted by Crippen LogP contribution is 2.27. The van der Waals surface area contributed by atoms with Gasteiger partial charge < -0.3 is 25.3 Å². The van der Waals surface area contributed by atoms with Crippen LogP contribution < -0.4 is 20.5 Å². The second-order valence-corrected chi connectivity index (χ2v) is 5.58. The van der Waals surface area contributed by atoms with E-state index in [-0.39, 0.29) is 6.10 Å². The molecular formula is C17H27N3O3. The molecule has 3 N–H and O–H groups in total. The zero-order valence-electron chi connectivity index (χ0n) is 14.0. The molecule has 6 heteroatoms. The van der Waals surface area contributed by atoms with Gasteiger partial charge in [-0.2, -0.15) is 0 Å². The first-order chi connectivity index (χ1) is 11.2. The zero-order chi connectivity index (χ0) is 16.5. The zero-order valence-corrected chi connectivity index (χ0v) is 14.0. The monoisotopic (exact) mass is 321 g/mol. The molecule has 1 aliphatic rings. The quantitative estimate of drug-likeness (QED) is 0.433. The maximum Gasteiger partial charge on any atom is 0.188 e. The Morgan fingerprint density at radius 3 is 2.87 bits per heavy atom. The maximum atomic E-state index is 5.86. The van der Waals surface area contributed by atoms with Gasteiger partial charge in [0.1, 0.15) is 0 Å². The van der Waals surface area contributed by atoms with Gasteiger partial charge in [0, 0.05) is 13.2 Å². The Balaban J connectivity index is 1.69. The number of methoxy groups -OCH3 is 2. The lowest BCUT2D eigenvalue weighted by atomic mass is 10.1. The van der Waals surface area contributed by atoms with Crippen LogP contribution in [0.3, 0.4) is 0 Å². The fourth-order valence-electron chi connectivity index (χ4n) is 2.59. The first-order valence-corrected chi connectivity index (χ1v) is 8.09. The predicted molar refractivity (Wildman–Crippen MR) is 91.3 cm³/mol. The minimum absolute atomic E-state index is 0.238. The average molecular weight is 321 g/mol. The number of nitrogens with zero attached hydrogens (tertiary/aromatic N) is 1. The standard InChI is InChI=1S/C17H27N3O3/c1-21-15-8-7-13(11-16(15)22-2)5-3-9-19-17(18)20-12-14-6-4-10-23-14/h7-8,11,14H,3-6,9-10,12H2,1-2H3,(H3,18,19,20). The minimum Gasteiger partial charge on any atom is -0.493 e. The summed E-state index contributed by atoms with van der Waals surface area (Å²) in [6.45, 7) is 2.28. The van der Waals surface area contributed by atoms with E-state index in [1.165, 1.54) is 5.56 Å². The smallest absolute Gasteiger partial charge is 0.188 e. The van der Waals surface area contributed by atoms with Crippen LogP contribution in [0.5, 0.6) is 11.5 Å². The molecular weight excluding hydrogens is 294 g/mol. The normalized spacial score (nSPS) is 18.0. The summed E-state index contributed by atoms with van der Waals surface area (Å²) in [5.41, 5.74) is 7.07. The number of aryl methyl sites for hydroxylation is 1. The van der Waals surface area contributed by atoms with E-state index in [2.05, 4.69) is 16.4 Å². The molecule has 1 fully saturated rings. The van der Waals surface area contributed by atoms with Crippen molar-refractivity contribution < 1.29 is 14.2 Å². The largest absolute Gasteiger partial charge is 0.493 e. The second kappa shape index (κ2) is 9.25. The number of ether oxygens (including phenoxy) is 3. The van der Waals surface area contributed by atoms with Crippen LogP contribution in [0.4, 0.5) is 0 Å². The van der Waals surface area contributed by atoms with Crippen molar-refractivity contribution in [3.05, 3.63) is 23.8 Å². The summed E-state index contributed by atoms with van der Waals surface area (Å²) in [5, 5.41) is 3.14. The van der Waals surface area contributed by atoms with Crippen molar-refractivity contribution in [3.63, 3.8) is 0 Å². The maximum absolute atomic E-state index is 5.86. The van der Waals surface area contributed by atoms with Gasteiger partial charge in [0.2, 0.25) is 0 Å². The van der Waals surface area contributed by atoms with E-state index in [9.17, 15) is 0 Å². The van der Waals surface area contributed by atoms with Gasteiger partial charge in [0.25, 0.3) is 0 Å². The van der Waals surface area contributed by atoms with Gasteiger partial charge in [0.15, 0.2) is 17.5 Å². The third kappa shape index (κ3) is 5.63. The Morgan fingerprint density at radius 1 is 1.35 bits per heavy atom. The number of guanidine groups is 1. The van der Waals surface area contributed by atoms with E-state index in [0.717, 1.165) is 50.3 Å². The Labute approximate surface area is 138 Å². The molecule has 1 aliphatic heterocycles. The predicted octanol–water partition coefficient (Wildman–Crippen LogP) is 1.72. The van der Waals surface area contributed by atoms with Gasteiger partial charge in [-0.05, 0) is 43.4 Å². The third-order valence-corrected chi connectivity index (χ3v) is 3.89. The summed E-state index contributed by atoms with van der Waals surface area (Å²) < 4.78 is 16.1. The molecule has 0 aromatic heterocycles. The van der Waals surface area contributed by atoms with Gasteiger partial charge in [-0.15, -0.1) is 0 Å². The highest BCUT2D eigenvalue weighted by atomic mass is 16.5. The molecule has 1 saturated heterocycles. The molecule has 0 saturated carbocycles. The lowest BCUT2D eigenvalue weighted by Crippen LogP contribution is -2.33. The molecule has 0 radical (unpaired) electrons. The lowest BCUT2D eigenvalue weighted by Gasteiger charge is -2.10. The average Bonchev–Trinajstić information content (AvgIpc) is 3.10. The summed E-state index contributed by atoms with van der Waals surface area (Å²) in [6.07, 6.45) is 4.34. The number of nitrogens with two attached hydrogens (primary N) is 1. The van der Waals surface area contributed by atoms with Gasteiger partial charge in [-0.25, -0.2) is 0 Å². The first-order valence-electron chi connectivity index (χ1n) is 8.09. The molecule has 1 aromatic rings. The van der Waals surface area contributed by atoms with Crippen molar-refractivity contribution in [2.24, 2.45) is 10.7 Å². The van der Waals surface area contributed by atoms with E-state index in [1.807, 2.05) is 12.1 Å². The SMILES string of the molecule is COc1ccc(CCCNC(N)=NCC2CCCO2)cc1OC. The van der Waals surface area contributed by atoms with E-state index in [4.69, 9.17) is 19.9 Å². The first kappa shape index (κ1) is 17.4. The Hall–Kier alpha value is -1.95. The second-order valence-electron chi connectivity index (χ2n) is 5.58. The molecule has 0 bridgehead atoms. The summed E-state index contributed by atoms with van der Waals surface area (Å²) >= 11 is 0. The van der Waals surface area contributed by atoms with E-state index >= 15 is 0 Å². The van der Waals surface area contributed by atoms with Gasteiger partial charge in [-0.3, -0.25) is 4.99 Å². The fraction of sp³-hybridized carbons (Fsp3) is 0.588. The van der Waals surface area contributed by atoms with Crippen LogP contribution in [0, 0.1) is 0 Å². The molecule has 1 atom stereocenters. The van der Waals surface area contributed by atoms with Gasteiger partial charge in [0.05, 0.1) is 26.9 Å². The summed E-state index contributed by atoms with van der Waals surface area (Å²) in [7, 11) is 3.29. The fourth-order valence-corrected chi connectivity index (χ4v) is 2.59. The Bertz CT molecular complexity index is 514. The molecule has 6 nitrogen and oxygen atoms in total. The van der Waals surface area contributed by atoms with Crippen LogP contribution in [0.1, 0.15) is 24.8 Å². The number of hydrogen-bond donors (Lipinski definition) is 2. The highest BCUT2D eigenvalue weighted by Gasteiger charge is 2.14. The van der Waals surface area contributed by atoms with Crippen LogP contribution in [-0.2, 0) is 11.2 Å². The molecule has 0 spiro atoms. The molecule has 2 rings (SSSR count). The number of benzene rings is 1. The van der Waals surface area contributed by atoms with Crippen LogP contribution in [0.2, 0.25) is 0 Å². The van der Waals surface area contributed by atoms with E-state index < -0.39 is 0 Å². The summed E-state index contributed by atoms with van der Waals surface area (Å²) in [4.78, 5) is 4.32. The van der Waals surface area contributed by atoms with Crippen molar-refractivity contribution in [1.82, 2.24) is 5.32 Å².